The van der Waals surface area contributed by atoms with E-state index >= 15 is 0 Å². The first kappa shape index (κ1) is 33.4. The summed E-state index contributed by atoms with van der Waals surface area (Å²) < 4.78 is 54.5. The van der Waals surface area contributed by atoms with Crippen LogP contribution in [0.3, 0.4) is 0 Å². The number of aliphatic imine (C=N–C) groups is 1. The van der Waals surface area contributed by atoms with Gasteiger partial charge in [-0.1, -0.05) is 25.4 Å². The number of benzene rings is 1. The highest BCUT2D eigenvalue weighted by Gasteiger charge is 2.41. The van der Waals surface area contributed by atoms with Crippen molar-refractivity contribution < 1.29 is 22.7 Å². The largest absolute Gasteiger partial charge is 0.447 e. The van der Waals surface area contributed by atoms with Crippen molar-refractivity contribution in [1.29, 1.82) is 0 Å². The smallest absolute Gasteiger partial charge is 0.416 e. The summed E-state index contributed by atoms with van der Waals surface area (Å²) in [5.74, 6) is 0.495. The van der Waals surface area contributed by atoms with Gasteiger partial charge in [-0.2, -0.15) is 21.5 Å². The number of carbonyl (C=O) groups is 1. The number of rotatable bonds is 8. The summed E-state index contributed by atoms with van der Waals surface area (Å²) in [7, 11) is 0. The summed E-state index contributed by atoms with van der Waals surface area (Å²) in [6.07, 6.45) is 3.16. The van der Waals surface area contributed by atoms with Crippen LogP contribution in [0.2, 0.25) is 5.02 Å². The summed E-state index contributed by atoms with van der Waals surface area (Å²) >= 11 is 5.34. The minimum absolute atomic E-state index is 0.0215. The van der Waals surface area contributed by atoms with Crippen molar-refractivity contribution in [3.05, 3.63) is 52.3 Å². The van der Waals surface area contributed by atoms with E-state index in [-0.39, 0.29) is 47.9 Å². The van der Waals surface area contributed by atoms with Crippen molar-refractivity contribution in [3.8, 4) is 0 Å². The number of likely N-dealkylation sites (tertiary alicyclic amines) is 1. The van der Waals surface area contributed by atoms with Crippen LogP contribution in [0.15, 0.2) is 38.8 Å². The molecule has 1 unspecified atom stereocenters. The van der Waals surface area contributed by atoms with Crippen molar-refractivity contribution in [1.82, 2.24) is 19.6 Å². The van der Waals surface area contributed by atoms with Gasteiger partial charge in [-0.25, -0.2) is 9.79 Å². The third kappa shape index (κ3) is 8.17. The Kier molecular flexibility index (Phi) is 10.9. The molecular weight excluding hydrogens is 696 g/mol. The van der Waals surface area contributed by atoms with Crippen molar-refractivity contribution in [2.75, 3.05) is 0 Å². The fraction of sp³-hybridized carbons (Fsp3) is 0.567. The van der Waals surface area contributed by atoms with E-state index < -0.39 is 32.7 Å². The summed E-state index contributed by atoms with van der Waals surface area (Å²) in [4.78, 5) is 21.7. The average molecular weight is 735 g/mol. The molecule has 13 heteroatoms. The molecule has 8 nitrogen and oxygen atoms in total. The predicted molar refractivity (Wildman–Crippen MR) is 173 cm³/mol. The van der Waals surface area contributed by atoms with Crippen molar-refractivity contribution in [2.45, 2.75) is 110 Å². The molecular formula is C30H39ClF3IN6O2. The molecule has 1 fully saturated rings. The van der Waals surface area contributed by atoms with E-state index in [1.807, 2.05) is 60.8 Å². The quantitative estimate of drug-likeness (QED) is 0.258. The van der Waals surface area contributed by atoms with E-state index in [1.165, 1.54) is 0 Å². The molecule has 236 valence electrons. The molecule has 2 aliphatic rings. The van der Waals surface area contributed by atoms with Gasteiger partial charge in [0.05, 0.1) is 21.4 Å². The minimum Gasteiger partial charge on any atom is -0.447 e. The predicted octanol–water partition coefficient (Wildman–Crippen LogP) is 8.05. The standard InChI is InChI=1S/C30H39ClF3IN6O2/c1-7-24-12-26(13-25(8-2)41(24)29(42)43-19(5)6)39(16-20-9-22(30(32,33)34)11-23(31)10-20)28-36-15-27(35-38-28)21-14-37-40(17-21)18(3)4/h9-11,14-15,17-19,24-26H,7-8,12-13,16H2,1-6H3/t24-,25+,26?. The lowest BCUT2D eigenvalue weighted by Crippen LogP contribution is -2.57. The van der Waals surface area contributed by atoms with Crippen LogP contribution < -0.4 is 0 Å². The topological polar surface area (TPSA) is 75.3 Å². The number of aromatic nitrogens is 2. The molecule has 1 aromatic heterocycles. The second-order valence-electron chi connectivity index (χ2n) is 11.4. The Labute approximate surface area is 266 Å². The van der Waals surface area contributed by atoms with E-state index in [2.05, 4.69) is 18.9 Å². The van der Waals surface area contributed by atoms with Gasteiger partial charge in [-0.3, -0.25) is 4.68 Å². The maximum Gasteiger partial charge on any atom is 0.416 e. The van der Waals surface area contributed by atoms with E-state index in [4.69, 9.17) is 24.5 Å². The monoisotopic (exact) mass is 734 g/mol. The third-order valence-electron chi connectivity index (χ3n) is 7.61. The minimum atomic E-state index is -4.52. The van der Waals surface area contributed by atoms with E-state index in [0.717, 1.165) is 21.2 Å². The number of carbonyl (C=O) groups excluding carboxylic acids is 1. The second-order valence-corrected chi connectivity index (χ2v) is 14.0. The highest BCUT2D eigenvalue weighted by Crippen LogP contribution is 2.35. The number of hydrogen-bond acceptors (Lipinski definition) is 6. The molecule has 3 atom stereocenters. The van der Waals surface area contributed by atoms with Gasteiger partial charge in [-0.15, -0.1) is 0 Å². The second kappa shape index (κ2) is 14.1. The van der Waals surface area contributed by atoms with E-state index in [1.54, 1.807) is 6.07 Å². The highest BCUT2D eigenvalue weighted by molar-refractivity contribution is 14.2. The van der Waals surface area contributed by atoms with Gasteiger partial charge < -0.3 is 14.5 Å². The molecule has 0 radical (unpaired) electrons. The maximum atomic E-state index is 13.7. The molecule has 0 bridgehead atoms. The van der Waals surface area contributed by atoms with Gasteiger partial charge >= 0.3 is 12.3 Å². The molecule has 1 aromatic carbocycles. The molecule has 1 amide bonds. The van der Waals surface area contributed by atoms with Gasteiger partial charge in [0.2, 0.25) is 5.96 Å². The summed E-state index contributed by atoms with van der Waals surface area (Å²) in [5.41, 5.74) is 0.600. The van der Waals surface area contributed by atoms with Crippen LogP contribution in [0.4, 0.5) is 18.0 Å². The number of amides is 1. The van der Waals surface area contributed by atoms with Crippen molar-refractivity contribution in [3.63, 3.8) is 0 Å². The Bertz CT molecular complexity index is 1380. The Morgan fingerprint density at radius 1 is 1.14 bits per heavy atom. The lowest BCUT2D eigenvalue weighted by Gasteiger charge is -2.47. The van der Waals surface area contributed by atoms with Crippen LogP contribution in [0.1, 0.15) is 90.0 Å². The molecule has 43 heavy (non-hydrogen) atoms. The number of guanidine groups is 1. The summed E-state index contributed by atoms with van der Waals surface area (Å²) in [6.45, 7) is 12.0. The first-order chi connectivity index (χ1) is 20.3. The van der Waals surface area contributed by atoms with E-state index in [0.29, 0.717) is 37.2 Å². The van der Waals surface area contributed by atoms with Crippen LogP contribution in [-0.4, -0.2) is 65.6 Å². The number of piperidine rings is 1. The van der Waals surface area contributed by atoms with Crippen LogP contribution in [0.25, 0.3) is 0 Å². The maximum absolute atomic E-state index is 13.7. The van der Waals surface area contributed by atoms with Gasteiger partial charge in [0.25, 0.3) is 0 Å². The molecule has 2 aromatic rings. The number of alkyl halides is 3. The Hall–Kier alpha value is -2.48. The molecule has 3 heterocycles. The Morgan fingerprint density at radius 3 is 2.33 bits per heavy atom. The lowest BCUT2D eigenvalue weighted by atomic mass is 9.87. The van der Waals surface area contributed by atoms with Crippen LogP contribution >= 0.6 is 32.6 Å². The van der Waals surface area contributed by atoms with Crippen LogP contribution in [0, 0.1) is 0 Å². The number of halogens is 5. The fourth-order valence-electron chi connectivity index (χ4n) is 5.49. The molecule has 4 rings (SSSR count). The highest BCUT2D eigenvalue weighted by atomic mass is 127. The normalized spacial score (nSPS) is 21.0. The zero-order valence-electron chi connectivity index (χ0n) is 25.3. The summed E-state index contributed by atoms with van der Waals surface area (Å²) in [6, 6.07) is 3.55. The van der Waals surface area contributed by atoms with Crippen LogP contribution in [-0.2, 0) is 17.5 Å². The molecule has 0 spiro atoms. The van der Waals surface area contributed by atoms with Gasteiger partial charge in [0, 0.05) is 74.7 Å². The SMILES string of the molecule is CC[C@@H]1CC(N(Cc2cc(Cl)cc(C(F)(F)F)c2)C2=NI=C(c3cnn(C(C)C)c3)C=N2)C[C@H](CC)N1C(=O)OC(C)C. The van der Waals surface area contributed by atoms with E-state index in [9.17, 15) is 18.0 Å². The lowest BCUT2D eigenvalue weighted by molar-refractivity contribution is -0.137. The summed E-state index contributed by atoms with van der Waals surface area (Å²) in [5, 5.41) is 4.45. The molecule has 0 saturated carbocycles. The molecule has 1 saturated heterocycles. The zero-order chi connectivity index (χ0) is 31.5. The fourth-order valence-corrected chi connectivity index (χ4v) is 7.44. The Balaban J connectivity index is 1.70. The molecule has 2 aliphatic heterocycles. The first-order valence-electron chi connectivity index (χ1n) is 14.6. The van der Waals surface area contributed by atoms with Crippen molar-refractivity contribution in [2.24, 2.45) is 8.20 Å². The van der Waals surface area contributed by atoms with Gasteiger partial charge in [0.1, 0.15) is 0 Å². The van der Waals surface area contributed by atoms with Gasteiger partial charge in [0.15, 0.2) is 0 Å². The number of nitrogens with zero attached hydrogens (tertiary/aromatic N) is 6. The Morgan fingerprint density at radius 2 is 1.81 bits per heavy atom. The molecule has 0 aliphatic carbocycles. The third-order valence-corrected chi connectivity index (χ3v) is 9.92. The number of ether oxygens (including phenoxy) is 1. The molecule has 0 N–H and O–H groups in total. The average Bonchev–Trinajstić information content (AvgIpc) is 3.45. The first-order valence-corrected chi connectivity index (χ1v) is 17.0. The van der Waals surface area contributed by atoms with Crippen LogP contribution in [0.5, 0.6) is 0 Å². The number of hydrogen-bond donors (Lipinski definition) is 0. The van der Waals surface area contributed by atoms with Crippen molar-refractivity contribution >= 4 is 54.4 Å². The zero-order valence-corrected chi connectivity index (χ0v) is 28.2. The van der Waals surface area contributed by atoms with Gasteiger partial charge in [-0.05, 0) is 77.1 Å².